The molecule has 9 heteroatoms. The van der Waals surface area contributed by atoms with E-state index in [9.17, 15) is 14.4 Å². The van der Waals surface area contributed by atoms with E-state index in [1.54, 1.807) is 39.0 Å². The summed E-state index contributed by atoms with van der Waals surface area (Å²) < 4.78 is 11.6. The third-order valence-electron chi connectivity index (χ3n) is 3.96. The van der Waals surface area contributed by atoms with E-state index in [2.05, 4.69) is 42.5 Å². The Kier molecular flexibility index (Phi) is 8.86. The lowest BCUT2D eigenvalue weighted by Crippen LogP contribution is -2.47. The molecule has 0 spiro atoms. The lowest BCUT2D eigenvalue weighted by Gasteiger charge is -2.21. The molecule has 0 bridgehead atoms. The second-order valence-corrected chi connectivity index (χ2v) is 8.31. The number of benzene rings is 1. The number of esters is 1. The smallest absolute Gasteiger partial charge is 0.328 e. The van der Waals surface area contributed by atoms with Gasteiger partial charge in [-0.2, -0.15) is 0 Å². The predicted molar refractivity (Wildman–Crippen MR) is 119 cm³/mol. The topological polar surface area (TPSA) is 97.6 Å². The van der Waals surface area contributed by atoms with Crippen molar-refractivity contribution in [3.8, 4) is 0 Å². The first-order valence-corrected chi connectivity index (χ1v) is 10.8. The van der Waals surface area contributed by atoms with E-state index < -0.39 is 23.8 Å². The van der Waals surface area contributed by atoms with Crippen molar-refractivity contribution in [3.63, 3.8) is 0 Å². The molecule has 2 amide bonds. The van der Waals surface area contributed by atoms with Crippen LogP contribution in [0.1, 0.15) is 36.9 Å². The van der Waals surface area contributed by atoms with Crippen LogP contribution in [0.4, 0.5) is 0 Å². The lowest BCUT2D eigenvalue weighted by atomic mass is 10.0. The molecule has 1 aromatic carbocycles. The number of hydrogen-bond acceptors (Lipinski definition) is 5. The fourth-order valence-corrected chi connectivity index (χ4v) is 3.02. The number of carbonyl (C=O) groups is 3. The molecule has 2 N–H and O–H groups in total. The van der Waals surface area contributed by atoms with Crippen molar-refractivity contribution in [1.82, 2.24) is 10.6 Å². The zero-order valence-corrected chi connectivity index (χ0v) is 19.9. The van der Waals surface area contributed by atoms with Crippen molar-refractivity contribution in [3.05, 3.63) is 62.6 Å². The van der Waals surface area contributed by atoms with Crippen molar-refractivity contribution in [2.75, 3.05) is 6.61 Å². The van der Waals surface area contributed by atoms with Gasteiger partial charge in [0.15, 0.2) is 10.4 Å². The van der Waals surface area contributed by atoms with Crippen LogP contribution in [0.5, 0.6) is 0 Å². The molecule has 1 unspecified atom stereocenters. The number of halogens is 2. The van der Waals surface area contributed by atoms with Gasteiger partial charge in [0.2, 0.25) is 0 Å². The largest absolute Gasteiger partial charge is 0.464 e. The van der Waals surface area contributed by atoms with E-state index in [-0.39, 0.29) is 24.0 Å². The molecule has 0 aliphatic rings. The number of nitrogens with one attached hydrogen (secondary N) is 2. The third kappa shape index (κ3) is 6.84. The first kappa shape index (κ1) is 23.9. The highest BCUT2D eigenvalue weighted by molar-refractivity contribution is 9.10. The van der Waals surface area contributed by atoms with Crippen LogP contribution in [-0.2, 0) is 14.3 Å². The van der Waals surface area contributed by atoms with Crippen LogP contribution >= 0.6 is 31.9 Å². The average molecular weight is 542 g/mol. The van der Waals surface area contributed by atoms with Crippen molar-refractivity contribution < 1.29 is 23.5 Å². The molecule has 0 saturated heterocycles. The van der Waals surface area contributed by atoms with Gasteiger partial charge in [-0.3, -0.25) is 9.59 Å². The van der Waals surface area contributed by atoms with Crippen molar-refractivity contribution >= 4 is 55.7 Å². The molecule has 1 atom stereocenters. The van der Waals surface area contributed by atoms with Crippen molar-refractivity contribution in [1.29, 1.82) is 0 Å². The molecule has 30 heavy (non-hydrogen) atoms. The Morgan fingerprint density at radius 1 is 1.10 bits per heavy atom. The zero-order valence-electron chi connectivity index (χ0n) is 16.7. The second-order valence-electron chi connectivity index (χ2n) is 6.61. The van der Waals surface area contributed by atoms with Gasteiger partial charge in [-0.25, -0.2) is 4.79 Å². The number of hydrogen-bond donors (Lipinski definition) is 2. The predicted octanol–water partition coefficient (Wildman–Crippen LogP) is 4.28. The van der Waals surface area contributed by atoms with Gasteiger partial charge in [-0.1, -0.05) is 41.9 Å². The molecule has 0 fully saturated rings. The zero-order chi connectivity index (χ0) is 22.3. The Hall–Kier alpha value is -2.39. The molecule has 160 valence electrons. The maximum absolute atomic E-state index is 13.0. The van der Waals surface area contributed by atoms with Gasteiger partial charge in [0.1, 0.15) is 11.7 Å². The van der Waals surface area contributed by atoms with Gasteiger partial charge in [0.25, 0.3) is 11.8 Å². The highest BCUT2D eigenvalue weighted by Crippen LogP contribution is 2.16. The summed E-state index contributed by atoms with van der Waals surface area (Å²) in [7, 11) is 0. The van der Waals surface area contributed by atoms with Gasteiger partial charge in [0, 0.05) is 4.47 Å². The van der Waals surface area contributed by atoms with Gasteiger partial charge in [0.05, 0.1) is 6.61 Å². The van der Waals surface area contributed by atoms with Crippen LogP contribution in [0.3, 0.4) is 0 Å². The molecule has 7 nitrogen and oxygen atoms in total. The minimum Gasteiger partial charge on any atom is -0.464 e. The van der Waals surface area contributed by atoms with E-state index >= 15 is 0 Å². The lowest BCUT2D eigenvalue weighted by molar-refractivity contribution is -0.148. The Balaban J connectivity index is 2.31. The van der Waals surface area contributed by atoms with Gasteiger partial charge in [-0.15, -0.1) is 0 Å². The molecule has 2 aromatic rings. The van der Waals surface area contributed by atoms with Crippen LogP contribution in [0.25, 0.3) is 6.08 Å². The third-order valence-corrected chi connectivity index (χ3v) is 4.92. The van der Waals surface area contributed by atoms with Gasteiger partial charge >= 0.3 is 5.97 Å². The van der Waals surface area contributed by atoms with Crippen molar-refractivity contribution in [2.24, 2.45) is 5.92 Å². The summed E-state index contributed by atoms with van der Waals surface area (Å²) in [5, 5.41) is 5.21. The molecular formula is C21H22Br2N2O5. The standard InChI is InChI=1S/C21H22Br2N2O5/c1-4-29-21(28)18(12(2)3)25-19(26)15(11-13-5-7-14(22)8-6-13)24-20(27)16-9-10-17(23)30-16/h5-12,18H,4H2,1-3H3,(H,24,27)(H,25,26). The number of carbonyl (C=O) groups excluding carboxylic acids is 3. The number of furan rings is 1. The Morgan fingerprint density at radius 2 is 1.77 bits per heavy atom. The quantitative estimate of drug-likeness (QED) is 0.384. The molecular weight excluding hydrogens is 520 g/mol. The maximum Gasteiger partial charge on any atom is 0.328 e. The van der Waals surface area contributed by atoms with E-state index in [1.807, 2.05) is 12.1 Å². The van der Waals surface area contributed by atoms with Gasteiger partial charge in [-0.05, 0) is 64.7 Å². The van der Waals surface area contributed by atoms with E-state index in [0.717, 1.165) is 4.47 Å². The molecule has 0 aliphatic carbocycles. The van der Waals surface area contributed by atoms with E-state index in [0.29, 0.717) is 10.2 Å². The second kappa shape index (κ2) is 11.1. The molecule has 1 aromatic heterocycles. The Morgan fingerprint density at radius 3 is 2.30 bits per heavy atom. The Labute approximate surface area is 191 Å². The SMILES string of the molecule is CCOC(=O)C(NC(=O)C(=Cc1ccc(Br)cc1)NC(=O)c1ccc(Br)o1)C(C)C. The summed E-state index contributed by atoms with van der Waals surface area (Å²) in [6.07, 6.45) is 1.51. The van der Waals surface area contributed by atoms with Crippen LogP contribution in [0.15, 0.2) is 55.7 Å². The minimum absolute atomic E-state index is 0.0298. The van der Waals surface area contributed by atoms with Crippen LogP contribution < -0.4 is 10.6 Å². The van der Waals surface area contributed by atoms with Crippen molar-refractivity contribution in [2.45, 2.75) is 26.8 Å². The summed E-state index contributed by atoms with van der Waals surface area (Å²) in [5.41, 5.74) is 0.645. The Bertz CT molecular complexity index is 935. The summed E-state index contributed by atoms with van der Waals surface area (Å²) in [6, 6.07) is 9.36. The number of ether oxygens (including phenoxy) is 1. The fraction of sp³-hybridized carbons (Fsp3) is 0.286. The highest BCUT2D eigenvalue weighted by atomic mass is 79.9. The van der Waals surface area contributed by atoms with E-state index in [1.165, 1.54) is 12.1 Å². The van der Waals surface area contributed by atoms with Crippen LogP contribution in [0, 0.1) is 5.92 Å². The summed E-state index contributed by atoms with van der Waals surface area (Å²) in [6.45, 7) is 5.47. The summed E-state index contributed by atoms with van der Waals surface area (Å²) in [4.78, 5) is 37.7. The normalized spacial score (nSPS) is 12.4. The first-order chi connectivity index (χ1) is 14.2. The minimum atomic E-state index is -0.861. The molecule has 0 radical (unpaired) electrons. The summed E-state index contributed by atoms with van der Waals surface area (Å²) >= 11 is 6.49. The maximum atomic E-state index is 13.0. The molecule has 0 aliphatic heterocycles. The first-order valence-electron chi connectivity index (χ1n) is 9.22. The monoisotopic (exact) mass is 540 g/mol. The van der Waals surface area contributed by atoms with Gasteiger partial charge < -0.3 is 19.8 Å². The summed E-state index contributed by atoms with van der Waals surface area (Å²) in [5.74, 6) is -1.94. The number of amides is 2. The molecule has 2 rings (SSSR count). The van der Waals surface area contributed by atoms with E-state index in [4.69, 9.17) is 9.15 Å². The van der Waals surface area contributed by atoms with Crippen LogP contribution in [0.2, 0.25) is 0 Å². The van der Waals surface area contributed by atoms with Crippen LogP contribution in [-0.4, -0.2) is 30.4 Å². The highest BCUT2D eigenvalue weighted by Gasteiger charge is 2.27. The fourth-order valence-electron chi connectivity index (χ4n) is 2.45. The average Bonchev–Trinajstić information content (AvgIpc) is 3.13. The molecule has 1 heterocycles. The molecule has 0 saturated carbocycles. The number of rotatable bonds is 8.